The van der Waals surface area contributed by atoms with Gasteiger partial charge in [0.05, 0.1) is 6.42 Å². The van der Waals surface area contributed by atoms with Crippen LogP contribution in [0.3, 0.4) is 0 Å². The maximum atomic E-state index is 12.7. The first kappa shape index (κ1) is 20.2. The molecule has 1 amide bonds. The summed E-state index contributed by atoms with van der Waals surface area (Å²) in [6, 6.07) is 11.9. The molecular formula is C22H27N7O. The van der Waals surface area contributed by atoms with Crippen molar-refractivity contribution >= 4 is 5.91 Å². The molecule has 1 fully saturated rings. The lowest BCUT2D eigenvalue weighted by Crippen LogP contribution is -2.49. The first-order valence-corrected chi connectivity index (χ1v) is 10.4. The quantitative estimate of drug-likeness (QED) is 0.597. The molecule has 8 nitrogen and oxygen atoms in total. The summed E-state index contributed by atoms with van der Waals surface area (Å²) in [6.07, 6.45) is 5.75. The number of aryl methyl sites for hydroxylation is 2. The Balaban J connectivity index is 1.22. The van der Waals surface area contributed by atoms with Crippen molar-refractivity contribution in [2.24, 2.45) is 0 Å². The summed E-state index contributed by atoms with van der Waals surface area (Å²) in [5.74, 6) is 1.22. The average molecular weight is 406 g/mol. The second-order valence-corrected chi connectivity index (χ2v) is 7.64. The van der Waals surface area contributed by atoms with Crippen LogP contribution in [0.4, 0.5) is 0 Å². The van der Waals surface area contributed by atoms with Crippen molar-refractivity contribution in [2.75, 3.05) is 32.7 Å². The third-order valence-corrected chi connectivity index (χ3v) is 5.43. The van der Waals surface area contributed by atoms with Crippen LogP contribution in [0.2, 0.25) is 0 Å². The summed E-state index contributed by atoms with van der Waals surface area (Å²) in [7, 11) is 0. The lowest BCUT2D eigenvalue weighted by molar-refractivity contribution is -0.132. The van der Waals surface area contributed by atoms with Gasteiger partial charge in [0.2, 0.25) is 11.7 Å². The predicted octanol–water partition coefficient (Wildman–Crippen LogP) is 1.82. The van der Waals surface area contributed by atoms with Crippen molar-refractivity contribution in [3.63, 3.8) is 0 Å². The fraction of sp³-hybridized carbons (Fsp3) is 0.409. The Hall–Kier alpha value is -3.13. The highest BCUT2D eigenvalue weighted by Crippen LogP contribution is 2.15. The van der Waals surface area contributed by atoms with Crippen LogP contribution >= 0.6 is 0 Å². The minimum absolute atomic E-state index is 0.185. The Labute approximate surface area is 176 Å². The fourth-order valence-corrected chi connectivity index (χ4v) is 3.67. The Morgan fingerprint density at radius 2 is 1.57 bits per heavy atom. The fourth-order valence-electron chi connectivity index (χ4n) is 3.67. The molecule has 0 N–H and O–H groups in total. The van der Waals surface area contributed by atoms with Crippen LogP contribution in [0, 0.1) is 6.92 Å². The van der Waals surface area contributed by atoms with Crippen LogP contribution in [-0.4, -0.2) is 73.4 Å². The molecule has 3 aromatic rings. The third kappa shape index (κ3) is 5.27. The molecule has 1 aromatic carbocycles. The molecule has 0 radical (unpaired) electrons. The van der Waals surface area contributed by atoms with Gasteiger partial charge in [0.25, 0.3) is 0 Å². The van der Waals surface area contributed by atoms with E-state index in [0.717, 1.165) is 56.8 Å². The standard InChI is InChI=1S/C22H27N7O/c1-18-23-25-22(26-24-18)20-7-5-19(6-8-20)17-21(30)29-15-13-28(14-16-29)12-4-11-27-9-2-3-10-27/h2-3,5-10H,4,11-17H2,1H3. The normalized spacial score (nSPS) is 14.8. The summed E-state index contributed by atoms with van der Waals surface area (Å²) >= 11 is 0. The van der Waals surface area contributed by atoms with Crippen LogP contribution in [0.25, 0.3) is 11.4 Å². The van der Waals surface area contributed by atoms with Crippen LogP contribution < -0.4 is 0 Å². The zero-order valence-electron chi connectivity index (χ0n) is 17.3. The topological polar surface area (TPSA) is 80.0 Å². The van der Waals surface area contributed by atoms with E-state index in [-0.39, 0.29) is 5.91 Å². The zero-order valence-corrected chi connectivity index (χ0v) is 17.3. The van der Waals surface area contributed by atoms with Gasteiger partial charge in [-0.3, -0.25) is 9.69 Å². The van der Waals surface area contributed by atoms with Crippen molar-refractivity contribution in [2.45, 2.75) is 26.3 Å². The Kier molecular flexibility index (Phi) is 6.44. The maximum absolute atomic E-state index is 12.7. The minimum Gasteiger partial charge on any atom is -0.354 e. The average Bonchev–Trinajstić information content (AvgIpc) is 3.29. The number of carbonyl (C=O) groups excluding carboxylic acids is 1. The van der Waals surface area contributed by atoms with Gasteiger partial charge >= 0.3 is 0 Å². The molecule has 0 aliphatic carbocycles. The van der Waals surface area contributed by atoms with Gasteiger partial charge in [0.1, 0.15) is 0 Å². The summed E-state index contributed by atoms with van der Waals surface area (Å²) in [6.45, 7) is 7.36. The van der Waals surface area contributed by atoms with Gasteiger partial charge in [0.15, 0.2) is 5.82 Å². The number of hydrogen-bond acceptors (Lipinski definition) is 6. The molecule has 8 heteroatoms. The molecule has 0 bridgehead atoms. The van der Waals surface area contributed by atoms with E-state index >= 15 is 0 Å². The number of rotatable bonds is 7. The number of hydrogen-bond donors (Lipinski definition) is 0. The van der Waals surface area contributed by atoms with E-state index in [1.807, 2.05) is 29.2 Å². The van der Waals surface area contributed by atoms with Crippen LogP contribution in [0.1, 0.15) is 17.8 Å². The van der Waals surface area contributed by atoms with E-state index in [4.69, 9.17) is 0 Å². The van der Waals surface area contributed by atoms with Crippen molar-refractivity contribution in [3.05, 3.63) is 60.2 Å². The number of nitrogens with zero attached hydrogens (tertiary/aromatic N) is 7. The number of aromatic nitrogens is 5. The van der Waals surface area contributed by atoms with Crippen molar-refractivity contribution in [3.8, 4) is 11.4 Å². The molecule has 156 valence electrons. The predicted molar refractivity (Wildman–Crippen MR) is 114 cm³/mol. The molecule has 0 unspecified atom stereocenters. The molecule has 30 heavy (non-hydrogen) atoms. The van der Waals surface area contributed by atoms with E-state index in [0.29, 0.717) is 18.1 Å². The first-order chi connectivity index (χ1) is 14.7. The molecular weight excluding hydrogens is 378 g/mol. The minimum atomic E-state index is 0.185. The molecule has 0 spiro atoms. The van der Waals surface area contributed by atoms with E-state index in [1.165, 1.54) is 0 Å². The Bertz CT molecular complexity index is 931. The Morgan fingerprint density at radius 3 is 2.23 bits per heavy atom. The lowest BCUT2D eigenvalue weighted by Gasteiger charge is -2.34. The van der Waals surface area contributed by atoms with Crippen LogP contribution in [0.5, 0.6) is 0 Å². The molecule has 3 heterocycles. The van der Waals surface area contributed by atoms with Crippen molar-refractivity contribution < 1.29 is 4.79 Å². The monoisotopic (exact) mass is 405 g/mol. The lowest BCUT2D eigenvalue weighted by atomic mass is 10.1. The van der Waals surface area contributed by atoms with E-state index in [9.17, 15) is 4.79 Å². The van der Waals surface area contributed by atoms with Gasteiger partial charge in [-0.1, -0.05) is 24.3 Å². The summed E-state index contributed by atoms with van der Waals surface area (Å²) < 4.78 is 2.21. The van der Waals surface area contributed by atoms with E-state index < -0.39 is 0 Å². The van der Waals surface area contributed by atoms with Crippen LogP contribution in [0.15, 0.2) is 48.8 Å². The Morgan fingerprint density at radius 1 is 0.900 bits per heavy atom. The number of amides is 1. The van der Waals surface area contributed by atoms with Crippen molar-refractivity contribution in [1.82, 2.24) is 34.8 Å². The van der Waals surface area contributed by atoms with Gasteiger partial charge in [0, 0.05) is 50.7 Å². The second-order valence-electron chi connectivity index (χ2n) is 7.64. The largest absolute Gasteiger partial charge is 0.354 e. The summed E-state index contributed by atoms with van der Waals surface area (Å²) in [5, 5.41) is 16.0. The summed E-state index contributed by atoms with van der Waals surface area (Å²) in [4.78, 5) is 17.1. The molecule has 1 aliphatic rings. The first-order valence-electron chi connectivity index (χ1n) is 10.4. The number of benzene rings is 1. The second kappa shape index (κ2) is 9.58. The number of carbonyl (C=O) groups is 1. The van der Waals surface area contributed by atoms with E-state index in [1.54, 1.807) is 6.92 Å². The SMILES string of the molecule is Cc1nnc(-c2ccc(CC(=O)N3CCN(CCCn4cccc4)CC3)cc2)nn1. The highest BCUT2D eigenvalue weighted by molar-refractivity contribution is 5.79. The highest BCUT2D eigenvalue weighted by atomic mass is 16.2. The van der Waals surface area contributed by atoms with Gasteiger partial charge in [-0.05, 0) is 37.6 Å². The zero-order chi connectivity index (χ0) is 20.8. The van der Waals surface area contributed by atoms with Gasteiger partial charge in [-0.15, -0.1) is 20.4 Å². The van der Waals surface area contributed by atoms with E-state index in [2.05, 4.69) is 54.4 Å². The third-order valence-electron chi connectivity index (χ3n) is 5.43. The molecule has 0 saturated carbocycles. The molecule has 4 rings (SSSR count). The maximum Gasteiger partial charge on any atom is 0.227 e. The van der Waals surface area contributed by atoms with Crippen LogP contribution in [-0.2, 0) is 17.8 Å². The summed E-state index contributed by atoms with van der Waals surface area (Å²) in [5.41, 5.74) is 1.84. The highest BCUT2D eigenvalue weighted by Gasteiger charge is 2.20. The number of piperazine rings is 1. The molecule has 1 saturated heterocycles. The molecule has 1 aliphatic heterocycles. The smallest absolute Gasteiger partial charge is 0.227 e. The van der Waals surface area contributed by atoms with Gasteiger partial charge < -0.3 is 9.47 Å². The van der Waals surface area contributed by atoms with Gasteiger partial charge in [-0.25, -0.2) is 0 Å². The van der Waals surface area contributed by atoms with Gasteiger partial charge in [-0.2, -0.15) is 0 Å². The molecule has 0 atom stereocenters. The molecule has 2 aromatic heterocycles. The van der Waals surface area contributed by atoms with Crippen molar-refractivity contribution in [1.29, 1.82) is 0 Å².